The number of aryl methyl sites for hydroxylation is 1. The molecule has 2 saturated heterocycles. The monoisotopic (exact) mass is 440 g/mol. The number of hydrogen-bond acceptors (Lipinski definition) is 5. The highest BCUT2D eigenvalue weighted by molar-refractivity contribution is 7.92. The van der Waals surface area contributed by atoms with Gasteiger partial charge in [0.2, 0.25) is 0 Å². The van der Waals surface area contributed by atoms with Crippen LogP contribution in [0.1, 0.15) is 15.9 Å². The van der Waals surface area contributed by atoms with Crippen molar-refractivity contribution in [3.8, 4) is 5.75 Å². The Balaban J connectivity index is 1.40. The predicted octanol–water partition coefficient (Wildman–Crippen LogP) is 2.83. The number of likely N-dealkylation sites (tertiary alicyclic amines) is 1. The quantitative estimate of drug-likeness (QED) is 0.723. The van der Waals surface area contributed by atoms with E-state index in [0.717, 1.165) is 0 Å². The van der Waals surface area contributed by atoms with Crippen LogP contribution in [0.4, 0.5) is 5.69 Å². The van der Waals surface area contributed by atoms with Crippen molar-refractivity contribution in [3.05, 3.63) is 65.7 Å². The van der Waals surface area contributed by atoms with Gasteiger partial charge in [0.1, 0.15) is 5.75 Å². The number of hydrogen-bond donors (Lipinski definition) is 1. The van der Waals surface area contributed by atoms with Gasteiger partial charge in [0.15, 0.2) is 0 Å². The minimum atomic E-state index is -3.91. The summed E-state index contributed by atoms with van der Waals surface area (Å²) in [5.74, 6) is 0.909. The normalized spacial score (nSPS) is 26.2. The number of para-hydroxylation sites is 2. The zero-order valence-electron chi connectivity index (χ0n) is 17.3. The van der Waals surface area contributed by atoms with E-state index in [1.807, 2.05) is 4.90 Å². The van der Waals surface area contributed by atoms with Gasteiger partial charge in [-0.1, -0.05) is 30.4 Å². The SMILES string of the molecule is COc1ccccc1NS(=O)(=O)c1cc(C(=O)N2CC3C4C=CC(O4)C3C2)ccc1C. The van der Waals surface area contributed by atoms with Gasteiger partial charge in [0.05, 0.1) is 29.9 Å². The van der Waals surface area contributed by atoms with Crippen LogP contribution in [0.15, 0.2) is 59.5 Å². The highest BCUT2D eigenvalue weighted by Gasteiger charge is 2.51. The molecule has 0 aliphatic carbocycles. The Morgan fingerprint density at radius 2 is 1.77 bits per heavy atom. The number of anilines is 1. The highest BCUT2D eigenvalue weighted by Crippen LogP contribution is 2.43. The summed E-state index contributed by atoms with van der Waals surface area (Å²) in [6.45, 7) is 2.97. The molecular formula is C23H24N2O5S. The van der Waals surface area contributed by atoms with Crippen LogP contribution in [-0.4, -0.2) is 51.6 Å². The standard InChI is InChI=1S/C23H24N2O5S/c1-14-7-8-15(23(26)25-12-16-17(13-25)20-10-9-19(16)30-20)11-22(14)31(27,28)24-18-5-3-4-6-21(18)29-2/h3-11,16-17,19-20,24H,12-13H2,1-2H3. The maximum Gasteiger partial charge on any atom is 0.262 e. The molecule has 2 fully saturated rings. The number of carbonyl (C=O) groups is 1. The second-order valence-corrected chi connectivity index (χ2v) is 9.92. The number of nitrogens with one attached hydrogen (secondary N) is 1. The maximum atomic E-state index is 13.2. The third kappa shape index (κ3) is 3.40. The second-order valence-electron chi connectivity index (χ2n) is 8.27. The Morgan fingerprint density at radius 3 is 2.45 bits per heavy atom. The molecule has 2 aromatic rings. The van der Waals surface area contributed by atoms with Gasteiger partial charge in [0, 0.05) is 30.5 Å². The Labute approximate surface area is 181 Å². The summed E-state index contributed by atoms with van der Waals surface area (Å²) in [5.41, 5.74) is 1.27. The van der Waals surface area contributed by atoms with E-state index in [1.54, 1.807) is 43.3 Å². The molecule has 0 aromatic heterocycles. The first-order chi connectivity index (χ1) is 14.9. The molecule has 1 amide bonds. The van der Waals surface area contributed by atoms with Crippen molar-refractivity contribution in [1.29, 1.82) is 0 Å². The molecule has 3 aliphatic heterocycles. The van der Waals surface area contributed by atoms with Crippen LogP contribution in [0.25, 0.3) is 0 Å². The third-order valence-electron chi connectivity index (χ3n) is 6.42. The van der Waals surface area contributed by atoms with E-state index >= 15 is 0 Å². The van der Waals surface area contributed by atoms with Crippen molar-refractivity contribution in [2.24, 2.45) is 11.8 Å². The fourth-order valence-corrected chi connectivity index (χ4v) is 6.17. The smallest absolute Gasteiger partial charge is 0.262 e. The number of sulfonamides is 1. The molecular weight excluding hydrogens is 416 g/mol. The summed E-state index contributed by atoms with van der Waals surface area (Å²) in [6, 6.07) is 11.6. The van der Waals surface area contributed by atoms with Crippen molar-refractivity contribution in [1.82, 2.24) is 4.90 Å². The summed E-state index contributed by atoms with van der Waals surface area (Å²) >= 11 is 0. The number of benzene rings is 2. The molecule has 162 valence electrons. The Kier molecular flexibility index (Phi) is 4.79. The van der Waals surface area contributed by atoms with E-state index in [2.05, 4.69) is 16.9 Å². The Bertz CT molecular complexity index is 1160. The molecule has 8 heteroatoms. The van der Waals surface area contributed by atoms with E-state index in [-0.39, 0.29) is 23.0 Å². The lowest BCUT2D eigenvalue weighted by atomic mass is 9.86. The molecule has 7 nitrogen and oxygen atoms in total. The fourth-order valence-electron chi connectivity index (χ4n) is 4.83. The maximum absolute atomic E-state index is 13.2. The van der Waals surface area contributed by atoms with E-state index in [9.17, 15) is 13.2 Å². The van der Waals surface area contributed by atoms with Crippen molar-refractivity contribution in [3.63, 3.8) is 0 Å². The van der Waals surface area contributed by atoms with Crippen molar-refractivity contribution >= 4 is 21.6 Å². The van der Waals surface area contributed by atoms with Crippen LogP contribution in [0.5, 0.6) is 5.75 Å². The minimum Gasteiger partial charge on any atom is -0.495 e. The second kappa shape index (κ2) is 7.39. The van der Waals surface area contributed by atoms with Gasteiger partial charge in [0.25, 0.3) is 15.9 Å². The summed E-state index contributed by atoms with van der Waals surface area (Å²) < 4.78 is 40.0. The zero-order chi connectivity index (χ0) is 21.8. The van der Waals surface area contributed by atoms with Gasteiger partial charge in [-0.2, -0.15) is 0 Å². The van der Waals surface area contributed by atoms with Crippen molar-refractivity contribution in [2.75, 3.05) is 24.9 Å². The van der Waals surface area contributed by atoms with Gasteiger partial charge < -0.3 is 14.4 Å². The van der Waals surface area contributed by atoms with Crippen LogP contribution >= 0.6 is 0 Å². The fraction of sp³-hybridized carbons (Fsp3) is 0.348. The predicted molar refractivity (Wildman–Crippen MR) is 116 cm³/mol. The number of ether oxygens (including phenoxy) is 2. The van der Waals surface area contributed by atoms with Crippen LogP contribution in [0.3, 0.4) is 0 Å². The first-order valence-electron chi connectivity index (χ1n) is 10.3. The van der Waals surface area contributed by atoms with Crippen LogP contribution < -0.4 is 9.46 Å². The minimum absolute atomic E-state index is 0.0775. The zero-order valence-corrected chi connectivity index (χ0v) is 18.1. The first kappa shape index (κ1) is 20.1. The van der Waals surface area contributed by atoms with Gasteiger partial charge in [-0.25, -0.2) is 8.42 Å². The summed E-state index contributed by atoms with van der Waals surface area (Å²) in [7, 11) is -2.43. The van der Waals surface area contributed by atoms with Crippen molar-refractivity contribution < 1.29 is 22.7 Å². The number of fused-ring (bicyclic) bond motifs is 5. The topological polar surface area (TPSA) is 84.9 Å². The van der Waals surface area contributed by atoms with E-state index in [0.29, 0.717) is 47.5 Å². The molecule has 31 heavy (non-hydrogen) atoms. The largest absolute Gasteiger partial charge is 0.495 e. The summed E-state index contributed by atoms with van der Waals surface area (Å²) in [4.78, 5) is 15.1. The van der Waals surface area contributed by atoms with E-state index in [1.165, 1.54) is 13.2 Å². The molecule has 0 spiro atoms. The third-order valence-corrected chi connectivity index (χ3v) is 7.93. The number of methoxy groups -OCH3 is 1. The molecule has 0 radical (unpaired) electrons. The summed E-state index contributed by atoms with van der Waals surface area (Å²) in [5, 5.41) is 0. The van der Waals surface area contributed by atoms with Crippen LogP contribution in [-0.2, 0) is 14.8 Å². The molecule has 2 bridgehead atoms. The average molecular weight is 441 g/mol. The number of nitrogens with zero attached hydrogens (tertiary/aromatic N) is 1. The first-order valence-corrected chi connectivity index (χ1v) is 11.8. The Morgan fingerprint density at radius 1 is 1.10 bits per heavy atom. The van der Waals surface area contributed by atoms with Gasteiger partial charge in [-0.05, 0) is 36.8 Å². The average Bonchev–Trinajstić information content (AvgIpc) is 3.47. The number of rotatable bonds is 5. The summed E-state index contributed by atoms with van der Waals surface area (Å²) in [6.07, 6.45) is 4.35. The highest BCUT2D eigenvalue weighted by atomic mass is 32.2. The lowest BCUT2D eigenvalue weighted by molar-refractivity contribution is 0.0655. The van der Waals surface area contributed by atoms with Crippen LogP contribution in [0.2, 0.25) is 0 Å². The molecule has 4 unspecified atom stereocenters. The lowest BCUT2D eigenvalue weighted by Gasteiger charge is -2.20. The lowest BCUT2D eigenvalue weighted by Crippen LogP contribution is -2.31. The van der Waals surface area contributed by atoms with Gasteiger partial charge >= 0.3 is 0 Å². The van der Waals surface area contributed by atoms with Gasteiger partial charge in [-0.3, -0.25) is 9.52 Å². The molecule has 3 aliphatic rings. The molecule has 4 atom stereocenters. The van der Waals surface area contributed by atoms with E-state index < -0.39 is 10.0 Å². The molecule has 2 aromatic carbocycles. The molecule has 5 rings (SSSR count). The molecule has 1 N–H and O–H groups in total. The number of amides is 1. The molecule has 3 heterocycles. The Hall–Kier alpha value is -2.84. The van der Waals surface area contributed by atoms with Crippen molar-refractivity contribution in [2.45, 2.75) is 24.0 Å². The molecule has 0 saturated carbocycles. The van der Waals surface area contributed by atoms with E-state index in [4.69, 9.17) is 9.47 Å². The number of carbonyl (C=O) groups excluding carboxylic acids is 1. The van der Waals surface area contributed by atoms with Gasteiger partial charge in [-0.15, -0.1) is 0 Å². The van der Waals surface area contributed by atoms with Crippen LogP contribution in [0, 0.1) is 18.8 Å².